The van der Waals surface area contributed by atoms with Gasteiger partial charge in [-0.25, -0.2) is 8.42 Å². The van der Waals surface area contributed by atoms with Crippen molar-refractivity contribution in [1.82, 2.24) is 5.32 Å². The molecule has 0 radical (unpaired) electrons. The van der Waals surface area contributed by atoms with E-state index in [0.29, 0.717) is 11.7 Å². The minimum Gasteiger partial charge on any atom is -0.313 e. The van der Waals surface area contributed by atoms with E-state index in [9.17, 15) is 8.42 Å². The third kappa shape index (κ3) is 3.20. The maximum atomic E-state index is 11.9. The molecule has 3 nitrogen and oxygen atoms in total. The standard InChI is InChI=1S/C12H23NO2S/c1-9(2)5-12-6-11(8-16(12,14)15)13-7-10-3-4-10/h9-13H,3-8H2,1-2H3/t11?,12-/m1/s1. The third-order valence-electron chi connectivity index (χ3n) is 3.62. The maximum absolute atomic E-state index is 11.9. The van der Waals surface area contributed by atoms with Gasteiger partial charge >= 0.3 is 0 Å². The van der Waals surface area contributed by atoms with E-state index in [1.54, 1.807) is 0 Å². The van der Waals surface area contributed by atoms with Gasteiger partial charge in [0.05, 0.1) is 11.0 Å². The average molecular weight is 245 g/mol. The molecule has 0 aromatic rings. The van der Waals surface area contributed by atoms with Gasteiger partial charge in [-0.1, -0.05) is 13.8 Å². The zero-order chi connectivity index (χ0) is 11.8. The van der Waals surface area contributed by atoms with E-state index in [0.717, 1.165) is 25.3 Å². The van der Waals surface area contributed by atoms with Crippen LogP contribution in [0, 0.1) is 11.8 Å². The maximum Gasteiger partial charge on any atom is 0.154 e. The second-order valence-electron chi connectivity index (χ2n) is 5.87. The highest BCUT2D eigenvalue weighted by Crippen LogP contribution is 2.30. The van der Waals surface area contributed by atoms with E-state index < -0.39 is 9.84 Å². The Bertz CT molecular complexity index is 333. The number of nitrogens with one attached hydrogen (secondary N) is 1. The smallest absolute Gasteiger partial charge is 0.154 e. The Labute approximate surface area is 98.9 Å². The molecule has 1 aliphatic carbocycles. The molecule has 94 valence electrons. The SMILES string of the molecule is CC(C)C[C@@H]1CC(NCC2CC2)CS1(=O)=O. The first-order valence-corrected chi connectivity index (χ1v) is 8.14. The minimum absolute atomic E-state index is 0.0933. The van der Waals surface area contributed by atoms with Crippen molar-refractivity contribution >= 4 is 9.84 Å². The van der Waals surface area contributed by atoms with Gasteiger partial charge in [0.1, 0.15) is 0 Å². The highest BCUT2D eigenvalue weighted by molar-refractivity contribution is 7.92. The predicted octanol–water partition coefficient (Wildman–Crippen LogP) is 1.59. The van der Waals surface area contributed by atoms with Crippen LogP contribution in [0.2, 0.25) is 0 Å². The summed E-state index contributed by atoms with van der Waals surface area (Å²) in [7, 11) is -2.82. The zero-order valence-electron chi connectivity index (χ0n) is 10.3. The van der Waals surface area contributed by atoms with E-state index >= 15 is 0 Å². The van der Waals surface area contributed by atoms with Gasteiger partial charge in [0, 0.05) is 6.04 Å². The fraction of sp³-hybridized carbons (Fsp3) is 1.00. The van der Waals surface area contributed by atoms with Gasteiger partial charge in [-0.3, -0.25) is 0 Å². The molecule has 4 heteroatoms. The van der Waals surface area contributed by atoms with Crippen LogP contribution in [0.1, 0.15) is 39.5 Å². The number of hydrogen-bond acceptors (Lipinski definition) is 3. The summed E-state index contributed by atoms with van der Waals surface area (Å²) in [5.74, 6) is 1.66. The lowest BCUT2D eigenvalue weighted by Crippen LogP contribution is -2.31. The van der Waals surface area contributed by atoms with Gasteiger partial charge in [-0.05, 0) is 44.1 Å². The molecule has 2 rings (SSSR count). The molecule has 0 aromatic carbocycles. The highest BCUT2D eigenvalue weighted by Gasteiger charge is 2.38. The lowest BCUT2D eigenvalue weighted by molar-refractivity contribution is 0.478. The molecule has 1 saturated carbocycles. The molecule has 0 bridgehead atoms. The van der Waals surface area contributed by atoms with Crippen LogP contribution in [0.4, 0.5) is 0 Å². The van der Waals surface area contributed by atoms with Crippen molar-refractivity contribution in [2.75, 3.05) is 12.3 Å². The summed E-state index contributed by atoms with van der Waals surface area (Å²) in [5.41, 5.74) is 0. The van der Waals surface area contributed by atoms with Crippen LogP contribution in [-0.4, -0.2) is 32.0 Å². The lowest BCUT2D eigenvalue weighted by Gasteiger charge is -2.12. The van der Waals surface area contributed by atoms with Crippen LogP contribution in [-0.2, 0) is 9.84 Å². The molecule has 0 amide bonds. The number of hydrogen-bond donors (Lipinski definition) is 1. The molecule has 0 spiro atoms. The summed E-state index contributed by atoms with van der Waals surface area (Å²) < 4.78 is 23.9. The lowest BCUT2D eigenvalue weighted by atomic mass is 10.0. The Kier molecular flexibility index (Phi) is 3.59. The van der Waals surface area contributed by atoms with Gasteiger partial charge in [-0.15, -0.1) is 0 Å². The summed E-state index contributed by atoms with van der Waals surface area (Å²) in [6.45, 7) is 5.22. The van der Waals surface area contributed by atoms with E-state index in [4.69, 9.17) is 0 Å². The van der Waals surface area contributed by atoms with Gasteiger partial charge in [-0.2, -0.15) is 0 Å². The summed E-state index contributed by atoms with van der Waals surface area (Å²) in [6.07, 6.45) is 4.29. The molecule has 2 fully saturated rings. The monoisotopic (exact) mass is 245 g/mol. The Morgan fingerprint density at radius 2 is 2.00 bits per heavy atom. The van der Waals surface area contributed by atoms with Crippen molar-refractivity contribution in [2.24, 2.45) is 11.8 Å². The van der Waals surface area contributed by atoms with Crippen LogP contribution in [0.3, 0.4) is 0 Å². The quantitative estimate of drug-likeness (QED) is 0.800. The van der Waals surface area contributed by atoms with Crippen molar-refractivity contribution in [2.45, 2.75) is 50.8 Å². The Hall–Kier alpha value is -0.0900. The van der Waals surface area contributed by atoms with Crippen molar-refractivity contribution in [3.8, 4) is 0 Å². The van der Waals surface area contributed by atoms with Gasteiger partial charge < -0.3 is 5.32 Å². The molecule has 1 unspecified atom stereocenters. The van der Waals surface area contributed by atoms with E-state index in [-0.39, 0.29) is 11.3 Å². The summed E-state index contributed by atoms with van der Waals surface area (Å²) in [5, 5.41) is 3.33. The minimum atomic E-state index is -2.82. The molecule has 2 atom stereocenters. The summed E-state index contributed by atoms with van der Waals surface area (Å²) >= 11 is 0. The predicted molar refractivity (Wildman–Crippen MR) is 66.2 cm³/mol. The first-order valence-electron chi connectivity index (χ1n) is 6.42. The first kappa shape index (κ1) is 12.4. The second-order valence-corrected chi connectivity index (χ2v) is 8.19. The van der Waals surface area contributed by atoms with Crippen molar-refractivity contribution in [3.63, 3.8) is 0 Å². The number of sulfone groups is 1. The highest BCUT2D eigenvalue weighted by atomic mass is 32.2. The molecule has 1 N–H and O–H groups in total. The second kappa shape index (κ2) is 4.65. The first-order chi connectivity index (χ1) is 7.47. The van der Waals surface area contributed by atoms with Crippen LogP contribution in [0.25, 0.3) is 0 Å². The molecule has 2 aliphatic rings. The van der Waals surface area contributed by atoms with Crippen molar-refractivity contribution < 1.29 is 8.42 Å². The summed E-state index contributed by atoms with van der Waals surface area (Å²) in [6, 6.07) is 0.217. The van der Waals surface area contributed by atoms with Crippen molar-refractivity contribution in [1.29, 1.82) is 0 Å². The molecular formula is C12H23NO2S. The van der Waals surface area contributed by atoms with E-state index in [1.807, 2.05) is 0 Å². The van der Waals surface area contributed by atoms with Gasteiger partial charge in [0.25, 0.3) is 0 Å². The Morgan fingerprint density at radius 1 is 1.31 bits per heavy atom. The Morgan fingerprint density at radius 3 is 2.56 bits per heavy atom. The molecule has 1 saturated heterocycles. The topological polar surface area (TPSA) is 46.2 Å². The number of rotatable bonds is 5. The molecule has 1 aliphatic heterocycles. The molecule has 0 aromatic heterocycles. The summed E-state index contributed by atoms with van der Waals surface area (Å²) in [4.78, 5) is 0. The van der Waals surface area contributed by atoms with Crippen LogP contribution >= 0.6 is 0 Å². The van der Waals surface area contributed by atoms with E-state index in [1.165, 1.54) is 12.8 Å². The van der Waals surface area contributed by atoms with Gasteiger partial charge in [0.15, 0.2) is 9.84 Å². The average Bonchev–Trinajstić information content (AvgIpc) is 2.91. The fourth-order valence-electron chi connectivity index (χ4n) is 2.51. The van der Waals surface area contributed by atoms with Crippen molar-refractivity contribution in [3.05, 3.63) is 0 Å². The van der Waals surface area contributed by atoms with Crippen LogP contribution < -0.4 is 5.32 Å². The fourth-order valence-corrected chi connectivity index (χ4v) is 4.81. The largest absolute Gasteiger partial charge is 0.313 e. The van der Waals surface area contributed by atoms with Gasteiger partial charge in [0.2, 0.25) is 0 Å². The molecular weight excluding hydrogens is 222 g/mol. The van der Waals surface area contributed by atoms with Crippen LogP contribution in [0.5, 0.6) is 0 Å². The van der Waals surface area contributed by atoms with E-state index in [2.05, 4.69) is 19.2 Å². The Balaban J connectivity index is 1.85. The molecule has 16 heavy (non-hydrogen) atoms. The third-order valence-corrected chi connectivity index (χ3v) is 5.88. The normalized spacial score (nSPS) is 33.4. The molecule has 1 heterocycles. The zero-order valence-corrected chi connectivity index (χ0v) is 11.1. The van der Waals surface area contributed by atoms with Crippen LogP contribution in [0.15, 0.2) is 0 Å².